The van der Waals surface area contributed by atoms with Crippen LogP contribution in [0.25, 0.3) is 11.0 Å². The number of pyridine rings is 1. The molecule has 1 saturated carbocycles. The van der Waals surface area contributed by atoms with E-state index in [1.54, 1.807) is 6.20 Å². The van der Waals surface area contributed by atoms with E-state index in [9.17, 15) is 4.79 Å². The van der Waals surface area contributed by atoms with Crippen molar-refractivity contribution in [3.05, 3.63) is 53.3 Å². The molecule has 164 valence electrons. The number of carbonyl (C=O) groups excluding carboxylic acids is 1. The normalized spacial score (nSPS) is 15.7. The molecule has 0 radical (unpaired) electrons. The van der Waals surface area contributed by atoms with Gasteiger partial charge in [-0.15, -0.1) is 0 Å². The topological polar surface area (TPSA) is 71.8 Å². The number of amides is 1. The molecule has 1 fully saturated rings. The number of benzene rings is 1. The molecule has 6 nitrogen and oxygen atoms in total. The smallest absolute Gasteiger partial charge is 0.255 e. The Kier molecular flexibility index (Phi) is 6.54. The maximum Gasteiger partial charge on any atom is 0.255 e. The second-order valence-electron chi connectivity index (χ2n) is 8.57. The van der Waals surface area contributed by atoms with Crippen LogP contribution in [0.4, 0.5) is 5.69 Å². The van der Waals surface area contributed by atoms with E-state index >= 15 is 0 Å². The molecule has 0 saturated heterocycles. The third-order valence-electron chi connectivity index (χ3n) is 6.36. The molecule has 1 atom stereocenters. The van der Waals surface area contributed by atoms with Gasteiger partial charge in [-0.1, -0.05) is 56.0 Å². The summed E-state index contributed by atoms with van der Waals surface area (Å²) in [7, 11) is 0. The van der Waals surface area contributed by atoms with Crippen LogP contribution >= 0.6 is 0 Å². The van der Waals surface area contributed by atoms with E-state index in [1.807, 2.05) is 10.9 Å². The first-order valence-corrected chi connectivity index (χ1v) is 11.6. The lowest BCUT2D eigenvalue weighted by Gasteiger charge is -2.26. The van der Waals surface area contributed by atoms with Gasteiger partial charge < -0.3 is 10.6 Å². The molecule has 6 heteroatoms. The molecule has 1 aromatic carbocycles. The molecule has 1 unspecified atom stereocenters. The fraction of sp³-hybridized carbons (Fsp3) is 0.480. The maximum atomic E-state index is 13.4. The van der Waals surface area contributed by atoms with Gasteiger partial charge in [0.15, 0.2) is 5.65 Å². The van der Waals surface area contributed by atoms with Crippen LogP contribution in [0.1, 0.15) is 79.9 Å². The van der Waals surface area contributed by atoms with E-state index in [1.165, 1.54) is 24.8 Å². The van der Waals surface area contributed by atoms with E-state index < -0.39 is 0 Å². The maximum absolute atomic E-state index is 13.4. The number of nitrogens with one attached hydrogen (secondary N) is 2. The molecule has 31 heavy (non-hydrogen) atoms. The number of nitrogens with zero attached hydrogens (tertiary/aromatic N) is 3. The van der Waals surface area contributed by atoms with Crippen molar-refractivity contribution in [1.82, 2.24) is 20.1 Å². The second-order valence-corrected chi connectivity index (χ2v) is 8.57. The Morgan fingerprint density at radius 2 is 1.87 bits per heavy atom. The van der Waals surface area contributed by atoms with Crippen LogP contribution in [0.5, 0.6) is 0 Å². The number of fused-ring (bicyclic) bond motifs is 1. The van der Waals surface area contributed by atoms with Crippen LogP contribution in [0.15, 0.2) is 36.7 Å². The first kappa shape index (κ1) is 21.3. The molecule has 1 amide bonds. The largest absolute Gasteiger partial charge is 0.381 e. The number of carbonyl (C=O) groups is 1. The van der Waals surface area contributed by atoms with Gasteiger partial charge in [-0.2, -0.15) is 5.10 Å². The van der Waals surface area contributed by atoms with Crippen LogP contribution in [0.2, 0.25) is 0 Å². The van der Waals surface area contributed by atoms with Crippen LogP contribution in [-0.2, 0) is 6.54 Å². The van der Waals surface area contributed by atoms with Crippen molar-refractivity contribution >= 4 is 22.6 Å². The number of anilines is 1. The zero-order valence-corrected chi connectivity index (χ0v) is 18.8. The molecule has 4 rings (SSSR count). The summed E-state index contributed by atoms with van der Waals surface area (Å²) in [4.78, 5) is 18.0. The van der Waals surface area contributed by atoms with E-state index in [0.29, 0.717) is 11.6 Å². The summed E-state index contributed by atoms with van der Waals surface area (Å²) < 4.78 is 1.88. The summed E-state index contributed by atoms with van der Waals surface area (Å²) in [5.74, 6) is -0.0932. The van der Waals surface area contributed by atoms with Gasteiger partial charge in [-0.3, -0.25) is 4.79 Å². The lowest BCUT2D eigenvalue weighted by Crippen LogP contribution is -2.30. The Morgan fingerprint density at radius 1 is 1.13 bits per heavy atom. The fourth-order valence-electron chi connectivity index (χ4n) is 4.49. The molecular weight excluding hydrogens is 386 g/mol. The van der Waals surface area contributed by atoms with Crippen LogP contribution < -0.4 is 10.6 Å². The van der Waals surface area contributed by atoms with Crippen LogP contribution in [0.3, 0.4) is 0 Å². The number of rotatable bonds is 7. The Balaban J connectivity index is 1.66. The van der Waals surface area contributed by atoms with Crippen molar-refractivity contribution < 1.29 is 4.79 Å². The quantitative estimate of drug-likeness (QED) is 0.539. The Morgan fingerprint density at radius 3 is 2.55 bits per heavy atom. The van der Waals surface area contributed by atoms with Crippen LogP contribution in [-0.4, -0.2) is 26.7 Å². The summed E-state index contributed by atoms with van der Waals surface area (Å²) in [6.07, 6.45) is 10.4. The molecule has 2 aromatic heterocycles. The van der Waals surface area contributed by atoms with Gasteiger partial charge in [-0.25, -0.2) is 9.67 Å². The van der Waals surface area contributed by atoms with Crippen molar-refractivity contribution in [2.24, 2.45) is 0 Å². The highest BCUT2D eigenvalue weighted by molar-refractivity contribution is 6.06. The molecule has 2 N–H and O–H groups in total. The van der Waals surface area contributed by atoms with E-state index in [4.69, 9.17) is 0 Å². The lowest BCUT2D eigenvalue weighted by atomic mass is 9.95. The van der Waals surface area contributed by atoms with Gasteiger partial charge in [0.1, 0.15) is 0 Å². The standard InChI is InChI=1S/C25H33N5O/c1-4-22(18-13-11-17(3)12-14-18)29-25(31)21-15-26-24-20(16-27-30(24)5-2)23(21)28-19-9-7-6-8-10-19/h11-16,19,22H,4-10H2,1-3H3,(H,26,28)(H,29,31). The van der Waals surface area contributed by atoms with Gasteiger partial charge in [0.2, 0.25) is 0 Å². The van der Waals surface area contributed by atoms with Crippen molar-refractivity contribution in [3.63, 3.8) is 0 Å². The zero-order chi connectivity index (χ0) is 21.8. The van der Waals surface area contributed by atoms with Gasteiger partial charge in [0.25, 0.3) is 5.91 Å². The SMILES string of the molecule is CCC(NC(=O)c1cnc2c(cnn2CC)c1NC1CCCCC1)c1ccc(C)cc1. The molecule has 1 aliphatic rings. The molecule has 0 bridgehead atoms. The highest BCUT2D eigenvalue weighted by Crippen LogP contribution is 2.30. The molecular formula is C25H33N5O. The lowest BCUT2D eigenvalue weighted by molar-refractivity contribution is 0.0936. The van der Waals surface area contributed by atoms with Gasteiger partial charge in [0, 0.05) is 18.8 Å². The van der Waals surface area contributed by atoms with Gasteiger partial charge in [0.05, 0.1) is 28.9 Å². The Labute approximate surface area is 184 Å². The van der Waals surface area contributed by atoms with Crippen LogP contribution in [0, 0.1) is 6.92 Å². The minimum absolute atomic E-state index is 0.0373. The predicted molar refractivity (Wildman–Crippen MR) is 125 cm³/mol. The first-order chi connectivity index (χ1) is 15.1. The molecule has 3 aromatic rings. The number of aromatic nitrogens is 3. The molecule has 0 spiro atoms. The van der Waals surface area contributed by atoms with Crippen molar-refractivity contribution in [1.29, 1.82) is 0 Å². The number of hydrogen-bond acceptors (Lipinski definition) is 4. The highest BCUT2D eigenvalue weighted by Gasteiger charge is 2.23. The third-order valence-corrected chi connectivity index (χ3v) is 6.36. The van der Waals surface area contributed by atoms with Crippen molar-refractivity contribution in [2.45, 2.75) is 77.9 Å². The predicted octanol–water partition coefficient (Wildman–Crippen LogP) is 5.39. The average Bonchev–Trinajstić information content (AvgIpc) is 3.22. The Bertz CT molecular complexity index is 1030. The van der Waals surface area contributed by atoms with E-state index in [0.717, 1.165) is 48.1 Å². The zero-order valence-electron chi connectivity index (χ0n) is 18.8. The highest BCUT2D eigenvalue weighted by atomic mass is 16.1. The van der Waals surface area contributed by atoms with Crippen molar-refractivity contribution in [3.8, 4) is 0 Å². The summed E-state index contributed by atoms with van der Waals surface area (Å²) in [5, 5.41) is 12.3. The molecule has 0 aliphatic heterocycles. The van der Waals surface area contributed by atoms with Gasteiger partial charge in [-0.05, 0) is 38.7 Å². The minimum atomic E-state index is -0.0932. The van der Waals surface area contributed by atoms with Gasteiger partial charge >= 0.3 is 0 Å². The van der Waals surface area contributed by atoms with Crippen molar-refractivity contribution in [2.75, 3.05) is 5.32 Å². The fourth-order valence-corrected chi connectivity index (χ4v) is 4.49. The molecule has 2 heterocycles. The first-order valence-electron chi connectivity index (χ1n) is 11.6. The molecule has 1 aliphatic carbocycles. The second kappa shape index (κ2) is 9.50. The average molecular weight is 420 g/mol. The summed E-state index contributed by atoms with van der Waals surface area (Å²) in [5.41, 5.74) is 4.62. The minimum Gasteiger partial charge on any atom is -0.381 e. The number of hydrogen-bond donors (Lipinski definition) is 2. The van der Waals surface area contributed by atoms with E-state index in [-0.39, 0.29) is 11.9 Å². The Hall–Kier alpha value is -2.89. The number of aryl methyl sites for hydroxylation is 2. The monoisotopic (exact) mass is 419 g/mol. The summed E-state index contributed by atoms with van der Waals surface area (Å²) >= 11 is 0. The summed E-state index contributed by atoms with van der Waals surface area (Å²) in [6.45, 7) is 6.97. The summed E-state index contributed by atoms with van der Waals surface area (Å²) in [6, 6.07) is 8.72. The van der Waals surface area contributed by atoms with E-state index in [2.05, 4.69) is 65.8 Å². The third kappa shape index (κ3) is 4.58.